The predicted molar refractivity (Wildman–Crippen MR) is 105 cm³/mol. The Morgan fingerprint density at radius 3 is 2.50 bits per heavy atom. The molecule has 8 nitrogen and oxygen atoms in total. The number of urea groups is 1. The summed E-state index contributed by atoms with van der Waals surface area (Å²) in [6.45, 7) is 3.41. The summed E-state index contributed by atoms with van der Waals surface area (Å²) in [4.78, 5) is 35.3. The van der Waals surface area contributed by atoms with Crippen molar-refractivity contribution in [3.63, 3.8) is 0 Å². The highest BCUT2D eigenvalue weighted by atomic mass is 35.5. The minimum atomic E-state index is -0.756. The number of amides is 3. The van der Waals surface area contributed by atoms with Crippen molar-refractivity contribution < 1.29 is 14.5 Å². The minimum absolute atomic E-state index is 0.0785. The van der Waals surface area contributed by atoms with Crippen LogP contribution in [0, 0.1) is 17.0 Å². The van der Waals surface area contributed by atoms with Crippen LogP contribution in [0.15, 0.2) is 53.7 Å². The van der Waals surface area contributed by atoms with Crippen LogP contribution in [0.4, 0.5) is 16.2 Å². The maximum Gasteiger partial charge on any atom is 0.319 e. The van der Waals surface area contributed by atoms with Gasteiger partial charge in [0.15, 0.2) is 0 Å². The van der Waals surface area contributed by atoms with Crippen LogP contribution in [-0.4, -0.2) is 16.9 Å². The van der Waals surface area contributed by atoms with E-state index in [2.05, 4.69) is 16.0 Å². The van der Waals surface area contributed by atoms with Gasteiger partial charge in [0.2, 0.25) is 0 Å². The lowest BCUT2D eigenvalue weighted by Crippen LogP contribution is -2.46. The Morgan fingerprint density at radius 1 is 1.18 bits per heavy atom. The molecule has 3 rings (SSSR count). The SMILES string of the molecule is CC1=C(C(=O)Nc2cccc(Cl)c2C)[C@@H](c2ccc([N+](=O)[O-])cc2)NC(=O)N1. The Balaban J connectivity index is 1.96. The van der Waals surface area contributed by atoms with Crippen molar-refractivity contribution >= 4 is 34.9 Å². The number of rotatable bonds is 4. The third-order valence-corrected chi connectivity index (χ3v) is 4.88. The summed E-state index contributed by atoms with van der Waals surface area (Å²) in [7, 11) is 0. The fourth-order valence-electron chi connectivity index (χ4n) is 2.97. The topological polar surface area (TPSA) is 113 Å². The molecule has 3 amide bonds. The molecule has 9 heteroatoms. The average Bonchev–Trinajstić information content (AvgIpc) is 2.64. The molecule has 0 saturated heterocycles. The molecule has 2 aromatic carbocycles. The van der Waals surface area contributed by atoms with Gasteiger partial charge in [0, 0.05) is 28.5 Å². The smallest absolute Gasteiger partial charge is 0.319 e. The zero-order chi connectivity index (χ0) is 20.4. The Labute approximate surface area is 165 Å². The molecule has 3 N–H and O–H groups in total. The van der Waals surface area contributed by atoms with Gasteiger partial charge >= 0.3 is 6.03 Å². The summed E-state index contributed by atoms with van der Waals surface area (Å²) in [5.74, 6) is -0.418. The molecule has 28 heavy (non-hydrogen) atoms. The number of nitro benzene ring substituents is 1. The Hall–Kier alpha value is -3.39. The first-order valence-corrected chi connectivity index (χ1v) is 8.75. The van der Waals surface area contributed by atoms with Crippen LogP contribution in [-0.2, 0) is 4.79 Å². The number of carbonyl (C=O) groups excluding carboxylic acids is 2. The van der Waals surface area contributed by atoms with Gasteiger partial charge in [0.05, 0.1) is 16.5 Å². The number of nitro groups is 1. The fraction of sp³-hybridized carbons (Fsp3) is 0.158. The molecule has 0 aromatic heterocycles. The largest absolute Gasteiger partial charge is 0.327 e. The molecule has 0 radical (unpaired) electrons. The average molecular weight is 401 g/mol. The van der Waals surface area contributed by atoms with Crippen LogP contribution in [0.3, 0.4) is 0 Å². The highest BCUT2D eigenvalue weighted by molar-refractivity contribution is 6.31. The van der Waals surface area contributed by atoms with Crippen LogP contribution in [0.25, 0.3) is 0 Å². The van der Waals surface area contributed by atoms with Crippen LogP contribution in [0.5, 0.6) is 0 Å². The van der Waals surface area contributed by atoms with E-state index >= 15 is 0 Å². The molecule has 0 saturated carbocycles. The number of benzene rings is 2. The molecule has 1 aliphatic rings. The number of hydrogen-bond donors (Lipinski definition) is 3. The Morgan fingerprint density at radius 2 is 1.86 bits per heavy atom. The van der Waals surface area contributed by atoms with E-state index in [4.69, 9.17) is 11.6 Å². The van der Waals surface area contributed by atoms with Gasteiger partial charge in [0.25, 0.3) is 11.6 Å². The molecule has 0 aliphatic carbocycles. The number of hydrogen-bond acceptors (Lipinski definition) is 4. The lowest BCUT2D eigenvalue weighted by Gasteiger charge is -2.28. The van der Waals surface area contributed by atoms with Crippen molar-refractivity contribution in [1.29, 1.82) is 0 Å². The van der Waals surface area contributed by atoms with Gasteiger partial charge in [-0.25, -0.2) is 4.79 Å². The van der Waals surface area contributed by atoms with Crippen LogP contribution < -0.4 is 16.0 Å². The van der Waals surface area contributed by atoms with E-state index in [0.717, 1.165) is 5.56 Å². The first-order chi connectivity index (χ1) is 13.3. The quantitative estimate of drug-likeness (QED) is 0.534. The lowest BCUT2D eigenvalue weighted by molar-refractivity contribution is -0.384. The second-order valence-corrected chi connectivity index (χ2v) is 6.69. The molecule has 1 atom stereocenters. The summed E-state index contributed by atoms with van der Waals surface area (Å²) in [6.07, 6.45) is 0. The van der Waals surface area contributed by atoms with Crippen molar-refractivity contribution in [2.24, 2.45) is 0 Å². The molecule has 144 valence electrons. The molecule has 1 heterocycles. The van der Waals surface area contributed by atoms with E-state index in [0.29, 0.717) is 27.5 Å². The van der Waals surface area contributed by atoms with Crippen LogP contribution in [0.1, 0.15) is 24.1 Å². The van der Waals surface area contributed by atoms with Crippen molar-refractivity contribution in [2.75, 3.05) is 5.32 Å². The number of anilines is 1. The second-order valence-electron chi connectivity index (χ2n) is 6.29. The number of halogens is 1. The zero-order valence-electron chi connectivity index (χ0n) is 15.1. The van der Waals surface area contributed by atoms with E-state index in [9.17, 15) is 19.7 Å². The predicted octanol–water partition coefficient (Wildman–Crippen LogP) is 3.82. The molecule has 1 aliphatic heterocycles. The number of non-ortho nitro benzene ring substituents is 1. The van der Waals surface area contributed by atoms with Crippen molar-refractivity contribution in [3.8, 4) is 0 Å². The highest BCUT2D eigenvalue weighted by Crippen LogP contribution is 2.30. The van der Waals surface area contributed by atoms with Crippen LogP contribution >= 0.6 is 11.6 Å². The van der Waals surface area contributed by atoms with E-state index in [-0.39, 0.29) is 5.69 Å². The molecular weight excluding hydrogens is 384 g/mol. The van der Waals surface area contributed by atoms with Gasteiger partial charge in [-0.05, 0) is 49.2 Å². The number of allylic oxidation sites excluding steroid dienone is 1. The molecule has 0 fully saturated rings. The number of nitrogens with one attached hydrogen (secondary N) is 3. The Kier molecular flexibility index (Phi) is 5.32. The molecule has 0 unspecified atom stereocenters. The highest BCUT2D eigenvalue weighted by Gasteiger charge is 2.31. The fourth-order valence-corrected chi connectivity index (χ4v) is 3.14. The summed E-state index contributed by atoms with van der Waals surface area (Å²) in [5, 5.41) is 19.5. The van der Waals surface area contributed by atoms with Crippen molar-refractivity contribution in [1.82, 2.24) is 10.6 Å². The van der Waals surface area contributed by atoms with E-state index < -0.39 is 22.9 Å². The third-order valence-electron chi connectivity index (χ3n) is 4.47. The zero-order valence-corrected chi connectivity index (χ0v) is 15.8. The second kappa shape index (κ2) is 7.69. The maximum atomic E-state index is 13.0. The van der Waals surface area contributed by atoms with Gasteiger partial charge in [-0.15, -0.1) is 0 Å². The van der Waals surface area contributed by atoms with Gasteiger partial charge < -0.3 is 16.0 Å². The molecular formula is C19H17ClN4O4. The Bertz CT molecular complexity index is 1000. The van der Waals surface area contributed by atoms with E-state index in [1.54, 1.807) is 32.0 Å². The molecule has 0 bridgehead atoms. The van der Waals surface area contributed by atoms with E-state index in [1.165, 1.54) is 24.3 Å². The van der Waals surface area contributed by atoms with Gasteiger partial charge in [-0.3, -0.25) is 14.9 Å². The van der Waals surface area contributed by atoms with Gasteiger partial charge in [-0.2, -0.15) is 0 Å². The monoisotopic (exact) mass is 400 g/mol. The molecule has 2 aromatic rings. The summed E-state index contributed by atoms with van der Waals surface area (Å²) >= 11 is 6.11. The van der Waals surface area contributed by atoms with Crippen molar-refractivity contribution in [2.45, 2.75) is 19.9 Å². The normalized spacial score (nSPS) is 16.2. The summed E-state index contributed by atoms with van der Waals surface area (Å²) < 4.78 is 0. The van der Waals surface area contributed by atoms with Gasteiger partial charge in [-0.1, -0.05) is 17.7 Å². The standard InChI is InChI=1S/C19H17ClN4O4/c1-10-14(20)4-3-5-15(10)22-18(25)16-11(2)21-19(26)23-17(16)12-6-8-13(9-7-12)24(27)28/h3-9,17H,1-2H3,(H,22,25)(H2,21,23,26)/t17-/m1/s1. The van der Waals surface area contributed by atoms with Crippen LogP contribution in [0.2, 0.25) is 5.02 Å². The summed E-state index contributed by atoms with van der Waals surface area (Å²) in [5.41, 5.74) is 2.43. The van der Waals surface area contributed by atoms with Gasteiger partial charge in [0.1, 0.15) is 0 Å². The lowest BCUT2D eigenvalue weighted by atomic mass is 9.94. The van der Waals surface area contributed by atoms with E-state index in [1.807, 2.05) is 0 Å². The third kappa shape index (κ3) is 3.81. The number of carbonyl (C=O) groups is 2. The first-order valence-electron chi connectivity index (χ1n) is 8.37. The first kappa shape index (κ1) is 19.4. The number of nitrogens with zero attached hydrogens (tertiary/aromatic N) is 1. The van der Waals surface area contributed by atoms with Crippen molar-refractivity contribution in [3.05, 3.63) is 80.0 Å². The molecule has 0 spiro atoms. The maximum absolute atomic E-state index is 13.0. The summed E-state index contributed by atoms with van der Waals surface area (Å²) in [6, 6.07) is 9.64. The minimum Gasteiger partial charge on any atom is -0.327 e.